The zero-order valence-electron chi connectivity index (χ0n) is 15.1. The lowest BCUT2D eigenvalue weighted by Crippen LogP contribution is -2.55. The Bertz CT molecular complexity index is 1320. The number of thiophene rings is 1. The van der Waals surface area contributed by atoms with Crippen LogP contribution in [-0.4, -0.2) is 27.1 Å². The fraction of sp³-hybridized carbons (Fsp3) is 0.0500. The van der Waals surface area contributed by atoms with Crippen LogP contribution in [0.1, 0.15) is 6.42 Å². The van der Waals surface area contributed by atoms with Crippen LogP contribution in [0.4, 0.5) is 10.8 Å². The van der Waals surface area contributed by atoms with Gasteiger partial charge in [0, 0.05) is 10.1 Å². The highest BCUT2D eigenvalue weighted by molar-refractivity contribution is 7.81. The maximum Gasteiger partial charge on any atom is 0.244 e. The number of para-hydroxylation sites is 1. The molecule has 0 unspecified atom stereocenters. The van der Waals surface area contributed by atoms with Crippen molar-refractivity contribution in [2.75, 3.05) is 9.80 Å². The molecule has 0 bridgehead atoms. The predicted molar refractivity (Wildman–Crippen MR) is 124 cm³/mol. The van der Waals surface area contributed by atoms with E-state index in [4.69, 9.17) is 23.8 Å². The number of thiocarbonyl (C=S) groups is 1. The van der Waals surface area contributed by atoms with Crippen molar-refractivity contribution in [2.24, 2.45) is 0 Å². The summed E-state index contributed by atoms with van der Waals surface area (Å²) in [7, 11) is 0. The number of hydrogen-bond acceptors (Lipinski definition) is 7. The highest BCUT2D eigenvalue weighted by Crippen LogP contribution is 2.44. The molecular formula is C20H11ClN4O2S3. The average molecular weight is 471 g/mol. The molecule has 1 aliphatic rings. The SMILES string of the molecule is O=C1CC(=O)N(c2nnc(-c3sc4ccccc4c3Cl)s2)C(=S)N1c1ccccc1. The standard InChI is InChI=1S/C20H11ClN4O2S3/c21-16-12-8-4-5-9-13(12)29-17(16)18-22-23-19(30-18)25-15(27)10-14(26)24(20(25)28)11-6-2-1-3-7-11/h1-9H,10H2. The Morgan fingerprint density at radius 3 is 2.37 bits per heavy atom. The van der Waals surface area contributed by atoms with Crippen LogP contribution in [0.2, 0.25) is 5.02 Å². The summed E-state index contributed by atoms with van der Waals surface area (Å²) < 4.78 is 1.04. The summed E-state index contributed by atoms with van der Waals surface area (Å²) in [6.07, 6.45) is -0.298. The predicted octanol–water partition coefficient (Wildman–Crippen LogP) is 5.13. The quantitative estimate of drug-likeness (QED) is 0.307. The van der Waals surface area contributed by atoms with Crippen LogP contribution in [0, 0.1) is 0 Å². The van der Waals surface area contributed by atoms with Crippen molar-refractivity contribution in [3.05, 3.63) is 59.6 Å². The smallest absolute Gasteiger partial charge is 0.244 e. The number of amides is 2. The molecule has 0 N–H and O–H groups in total. The van der Waals surface area contributed by atoms with Gasteiger partial charge in [-0.2, -0.15) is 0 Å². The minimum absolute atomic E-state index is 0.0626. The number of carbonyl (C=O) groups excluding carboxylic acids is 2. The fourth-order valence-corrected chi connectivity index (χ4v) is 6.14. The summed E-state index contributed by atoms with van der Waals surface area (Å²) in [5.74, 6) is -0.799. The number of rotatable bonds is 3. The molecule has 10 heteroatoms. The Labute approximate surface area is 189 Å². The Morgan fingerprint density at radius 1 is 0.900 bits per heavy atom. The second-order valence-electron chi connectivity index (χ2n) is 6.38. The maximum absolute atomic E-state index is 12.7. The number of benzene rings is 2. The number of hydrogen-bond donors (Lipinski definition) is 0. The zero-order chi connectivity index (χ0) is 20.8. The van der Waals surface area contributed by atoms with E-state index in [2.05, 4.69) is 10.2 Å². The third kappa shape index (κ3) is 3.10. The van der Waals surface area contributed by atoms with Crippen molar-refractivity contribution >= 4 is 84.3 Å². The van der Waals surface area contributed by atoms with E-state index in [1.54, 1.807) is 24.3 Å². The fourth-order valence-electron chi connectivity index (χ4n) is 3.17. The molecule has 148 valence electrons. The van der Waals surface area contributed by atoms with E-state index < -0.39 is 5.91 Å². The van der Waals surface area contributed by atoms with Crippen molar-refractivity contribution in [1.82, 2.24) is 10.2 Å². The van der Waals surface area contributed by atoms with Crippen molar-refractivity contribution in [3.63, 3.8) is 0 Å². The molecule has 30 heavy (non-hydrogen) atoms. The first-order chi connectivity index (χ1) is 14.5. The summed E-state index contributed by atoms with van der Waals surface area (Å²) >= 11 is 14.8. The summed E-state index contributed by atoms with van der Waals surface area (Å²) in [6, 6.07) is 16.8. The number of halogens is 1. The van der Waals surface area contributed by atoms with Gasteiger partial charge in [-0.3, -0.25) is 14.5 Å². The monoisotopic (exact) mass is 470 g/mol. The number of carbonyl (C=O) groups is 2. The van der Waals surface area contributed by atoms with Crippen LogP contribution in [0.5, 0.6) is 0 Å². The first kappa shape index (κ1) is 19.3. The Kier molecular flexibility index (Phi) is 4.82. The number of fused-ring (bicyclic) bond motifs is 1. The lowest BCUT2D eigenvalue weighted by molar-refractivity contribution is -0.126. The van der Waals surface area contributed by atoms with Gasteiger partial charge < -0.3 is 0 Å². The zero-order valence-corrected chi connectivity index (χ0v) is 18.3. The van der Waals surface area contributed by atoms with Crippen LogP contribution in [0.3, 0.4) is 0 Å². The molecular weight excluding hydrogens is 460 g/mol. The third-order valence-corrected chi connectivity index (χ3v) is 7.64. The minimum Gasteiger partial charge on any atom is -0.273 e. The Morgan fingerprint density at radius 2 is 1.60 bits per heavy atom. The normalized spacial score (nSPS) is 14.8. The van der Waals surface area contributed by atoms with Gasteiger partial charge in [0.05, 0.1) is 15.6 Å². The molecule has 2 amide bonds. The van der Waals surface area contributed by atoms with E-state index in [9.17, 15) is 9.59 Å². The van der Waals surface area contributed by atoms with E-state index in [0.29, 0.717) is 20.8 Å². The summed E-state index contributed by atoms with van der Waals surface area (Å²) in [6.45, 7) is 0. The second-order valence-corrected chi connectivity index (χ2v) is 9.14. The first-order valence-corrected chi connectivity index (χ1v) is 11.2. The van der Waals surface area contributed by atoms with E-state index in [-0.39, 0.29) is 17.4 Å². The average Bonchev–Trinajstić information content (AvgIpc) is 3.34. The highest BCUT2D eigenvalue weighted by atomic mass is 35.5. The summed E-state index contributed by atoms with van der Waals surface area (Å²) in [4.78, 5) is 28.6. The number of nitrogens with zero attached hydrogens (tertiary/aromatic N) is 4. The van der Waals surface area contributed by atoms with Crippen LogP contribution in [0.25, 0.3) is 20.0 Å². The van der Waals surface area contributed by atoms with Crippen LogP contribution in [0.15, 0.2) is 54.6 Å². The molecule has 0 saturated carbocycles. The van der Waals surface area contributed by atoms with Gasteiger partial charge in [0.25, 0.3) is 0 Å². The molecule has 1 fully saturated rings. The molecule has 5 rings (SSSR count). The number of anilines is 2. The van der Waals surface area contributed by atoms with E-state index in [1.807, 2.05) is 30.3 Å². The molecule has 6 nitrogen and oxygen atoms in total. The van der Waals surface area contributed by atoms with E-state index in [0.717, 1.165) is 15.0 Å². The lowest BCUT2D eigenvalue weighted by Gasteiger charge is -2.33. The van der Waals surface area contributed by atoms with Gasteiger partial charge in [-0.1, -0.05) is 59.3 Å². The van der Waals surface area contributed by atoms with Gasteiger partial charge in [-0.05, 0) is 30.4 Å². The largest absolute Gasteiger partial charge is 0.273 e. The topological polar surface area (TPSA) is 66.4 Å². The highest BCUT2D eigenvalue weighted by Gasteiger charge is 2.38. The molecule has 1 saturated heterocycles. The van der Waals surface area contributed by atoms with Crippen molar-refractivity contribution in [2.45, 2.75) is 6.42 Å². The summed E-state index contributed by atoms with van der Waals surface area (Å²) in [5, 5.41) is 10.9. The molecule has 0 atom stereocenters. The third-order valence-electron chi connectivity index (χ3n) is 4.53. The molecule has 2 aromatic carbocycles. The molecule has 0 aliphatic carbocycles. The van der Waals surface area contributed by atoms with Gasteiger partial charge in [-0.15, -0.1) is 21.5 Å². The maximum atomic E-state index is 12.7. The molecule has 0 spiro atoms. The Hall–Kier alpha value is -2.72. The van der Waals surface area contributed by atoms with Gasteiger partial charge in [0.15, 0.2) is 10.1 Å². The minimum atomic E-state index is -0.428. The van der Waals surface area contributed by atoms with Gasteiger partial charge in [0.2, 0.25) is 16.9 Å². The molecule has 4 aromatic rings. The Balaban J connectivity index is 1.53. The molecule has 3 heterocycles. The first-order valence-electron chi connectivity index (χ1n) is 8.80. The van der Waals surface area contributed by atoms with Crippen molar-refractivity contribution < 1.29 is 9.59 Å². The van der Waals surface area contributed by atoms with E-state index in [1.165, 1.54) is 32.5 Å². The molecule has 2 aromatic heterocycles. The van der Waals surface area contributed by atoms with Crippen LogP contribution < -0.4 is 9.80 Å². The van der Waals surface area contributed by atoms with Crippen LogP contribution >= 0.6 is 46.5 Å². The second kappa shape index (κ2) is 7.51. The molecule has 1 aliphatic heterocycles. The van der Waals surface area contributed by atoms with Crippen molar-refractivity contribution in [3.8, 4) is 9.88 Å². The van der Waals surface area contributed by atoms with Crippen molar-refractivity contribution in [1.29, 1.82) is 0 Å². The number of aromatic nitrogens is 2. The van der Waals surface area contributed by atoms with E-state index >= 15 is 0 Å². The van der Waals surface area contributed by atoms with Gasteiger partial charge in [-0.25, -0.2) is 4.90 Å². The van der Waals surface area contributed by atoms with Gasteiger partial charge >= 0.3 is 0 Å². The summed E-state index contributed by atoms with van der Waals surface area (Å²) in [5.41, 5.74) is 0.599. The van der Waals surface area contributed by atoms with Gasteiger partial charge in [0.1, 0.15) is 6.42 Å². The lowest BCUT2D eigenvalue weighted by atomic mass is 10.2. The molecule has 0 radical (unpaired) electrons. The van der Waals surface area contributed by atoms with Crippen LogP contribution in [-0.2, 0) is 9.59 Å².